The molecule has 0 aromatic rings. The lowest BCUT2D eigenvalue weighted by Crippen LogP contribution is -2.42. The van der Waals surface area contributed by atoms with Gasteiger partial charge in [-0.3, -0.25) is 0 Å². The van der Waals surface area contributed by atoms with Gasteiger partial charge in [-0.1, -0.05) is 12.8 Å². The van der Waals surface area contributed by atoms with Gasteiger partial charge in [0.2, 0.25) is 0 Å². The number of aliphatic hydroxyl groups is 1. The van der Waals surface area contributed by atoms with Crippen LogP contribution in [0.15, 0.2) is 0 Å². The summed E-state index contributed by atoms with van der Waals surface area (Å²) in [6, 6.07) is 0.936. The van der Waals surface area contributed by atoms with E-state index in [0.717, 1.165) is 5.41 Å². The highest BCUT2D eigenvalue weighted by atomic mass is 16.3. The molecule has 2 rings (SSSR count). The van der Waals surface area contributed by atoms with Gasteiger partial charge >= 0.3 is 0 Å². The molecule has 0 saturated heterocycles. The molecular weight excluding hydrogens is 186 g/mol. The van der Waals surface area contributed by atoms with E-state index in [4.69, 9.17) is 5.11 Å². The van der Waals surface area contributed by atoms with Crippen LogP contribution in [0.3, 0.4) is 0 Å². The summed E-state index contributed by atoms with van der Waals surface area (Å²) in [5, 5.41) is 12.5. The standard InChI is InChI=1S/C13H25NO/c1-11(10-15)14-12-4-8-13(9-5-12)6-2-3-7-13/h11-12,14-15H,2-10H2,1H3/t11-/m1/s1. The molecule has 0 heterocycles. The van der Waals surface area contributed by atoms with E-state index in [1.54, 1.807) is 0 Å². The van der Waals surface area contributed by atoms with Crippen LogP contribution in [0.2, 0.25) is 0 Å². The topological polar surface area (TPSA) is 32.3 Å². The Hall–Kier alpha value is -0.0800. The van der Waals surface area contributed by atoms with E-state index in [1.807, 2.05) is 0 Å². The van der Waals surface area contributed by atoms with Gasteiger partial charge in [0.05, 0.1) is 6.61 Å². The highest BCUT2D eigenvalue weighted by Crippen LogP contribution is 2.48. The highest BCUT2D eigenvalue weighted by molar-refractivity contribution is 4.91. The second-order valence-corrected chi connectivity index (χ2v) is 5.73. The Kier molecular flexibility index (Phi) is 3.68. The van der Waals surface area contributed by atoms with Crippen molar-refractivity contribution in [3.8, 4) is 0 Å². The third-order valence-electron chi connectivity index (χ3n) is 4.50. The molecule has 0 amide bonds. The zero-order valence-electron chi connectivity index (χ0n) is 9.97. The van der Waals surface area contributed by atoms with Crippen molar-refractivity contribution in [1.29, 1.82) is 0 Å². The quantitative estimate of drug-likeness (QED) is 0.751. The van der Waals surface area contributed by atoms with E-state index in [1.165, 1.54) is 51.4 Å². The molecule has 2 aliphatic rings. The molecule has 0 bridgehead atoms. The van der Waals surface area contributed by atoms with Gasteiger partial charge in [-0.15, -0.1) is 0 Å². The molecule has 0 aromatic carbocycles. The van der Waals surface area contributed by atoms with Crippen molar-refractivity contribution in [2.45, 2.75) is 70.4 Å². The van der Waals surface area contributed by atoms with Crippen molar-refractivity contribution in [1.82, 2.24) is 5.32 Å². The van der Waals surface area contributed by atoms with Crippen LogP contribution in [0.5, 0.6) is 0 Å². The Balaban J connectivity index is 1.76. The van der Waals surface area contributed by atoms with Crippen molar-refractivity contribution in [2.75, 3.05) is 6.61 Å². The second-order valence-electron chi connectivity index (χ2n) is 5.73. The first-order chi connectivity index (χ1) is 7.24. The highest BCUT2D eigenvalue weighted by Gasteiger charge is 2.37. The summed E-state index contributed by atoms with van der Waals surface area (Å²) in [7, 11) is 0. The summed E-state index contributed by atoms with van der Waals surface area (Å²) < 4.78 is 0. The molecule has 15 heavy (non-hydrogen) atoms. The Bertz CT molecular complexity index is 189. The van der Waals surface area contributed by atoms with Gasteiger partial charge in [0.15, 0.2) is 0 Å². The molecular formula is C13H25NO. The summed E-state index contributed by atoms with van der Waals surface area (Å²) >= 11 is 0. The van der Waals surface area contributed by atoms with E-state index < -0.39 is 0 Å². The molecule has 1 atom stereocenters. The summed E-state index contributed by atoms with van der Waals surface area (Å²) in [5.74, 6) is 0. The van der Waals surface area contributed by atoms with E-state index in [-0.39, 0.29) is 12.6 Å². The molecule has 2 saturated carbocycles. The fourth-order valence-corrected chi connectivity index (χ4v) is 3.48. The Labute approximate surface area is 93.5 Å². The van der Waals surface area contributed by atoms with Crippen LogP contribution >= 0.6 is 0 Å². The third-order valence-corrected chi connectivity index (χ3v) is 4.50. The molecule has 88 valence electrons. The Morgan fingerprint density at radius 1 is 1.20 bits per heavy atom. The molecule has 0 aromatic heterocycles. The largest absolute Gasteiger partial charge is 0.395 e. The van der Waals surface area contributed by atoms with E-state index >= 15 is 0 Å². The molecule has 0 aliphatic heterocycles. The lowest BCUT2D eigenvalue weighted by Gasteiger charge is -2.38. The summed E-state index contributed by atoms with van der Waals surface area (Å²) in [5.41, 5.74) is 0.737. The lowest BCUT2D eigenvalue weighted by molar-refractivity contribution is 0.153. The van der Waals surface area contributed by atoms with Crippen molar-refractivity contribution < 1.29 is 5.11 Å². The van der Waals surface area contributed by atoms with Crippen LogP contribution in [0.25, 0.3) is 0 Å². The van der Waals surface area contributed by atoms with Crippen molar-refractivity contribution in [3.63, 3.8) is 0 Å². The molecule has 1 spiro atoms. The average Bonchev–Trinajstić information content (AvgIpc) is 2.70. The van der Waals surface area contributed by atoms with Crippen molar-refractivity contribution >= 4 is 0 Å². The zero-order chi connectivity index (χ0) is 10.7. The minimum atomic E-state index is 0.266. The Morgan fingerprint density at radius 2 is 1.80 bits per heavy atom. The van der Waals surface area contributed by atoms with E-state index in [2.05, 4.69) is 12.2 Å². The minimum Gasteiger partial charge on any atom is -0.395 e. The summed E-state index contributed by atoms with van der Waals surface area (Å²) in [6.45, 7) is 2.33. The predicted octanol–water partition coefficient (Wildman–Crippen LogP) is 2.46. The molecule has 2 N–H and O–H groups in total. The van der Waals surface area contributed by atoms with E-state index in [9.17, 15) is 0 Å². The Morgan fingerprint density at radius 3 is 2.33 bits per heavy atom. The van der Waals surface area contributed by atoms with Crippen LogP contribution in [-0.2, 0) is 0 Å². The third kappa shape index (κ3) is 2.73. The number of hydrogen-bond acceptors (Lipinski definition) is 2. The second kappa shape index (κ2) is 4.84. The number of nitrogens with one attached hydrogen (secondary N) is 1. The van der Waals surface area contributed by atoms with E-state index in [0.29, 0.717) is 6.04 Å². The van der Waals surface area contributed by atoms with Crippen molar-refractivity contribution in [2.24, 2.45) is 5.41 Å². The fourth-order valence-electron chi connectivity index (χ4n) is 3.48. The maximum Gasteiger partial charge on any atom is 0.0582 e. The van der Waals surface area contributed by atoms with Crippen molar-refractivity contribution in [3.05, 3.63) is 0 Å². The number of aliphatic hydroxyl groups excluding tert-OH is 1. The summed E-state index contributed by atoms with van der Waals surface area (Å²) in [6.07, 6.45) is 11.4. The number of hydrogen-bond donors (Lipinski definition) is 2. The van der Waals surface area contributed by atoms with Gasteiger partial charge in [-0.25, -0.2) is 0 Å². The maximum atomic E-state index is 9.01. The zero-order valence-corrected chi connectivity index (χ0v) is 9.97. The maximum absolute atomic E-state index is 9.01. The average molecular weight is 211 g/mol. The number of rotatable bonds is 3. The predicted molar refractivity (Wildman–Crippen MR) is 62.8 cm³/mol. The van der Waals surface area contributed by atoms with Crippen LogP contribution < -0.4 is 5.32 Å². The van der Waals surface area contributed by atoms with Gasteiger partial charge in [0.1, 0.15) is 0 Å². The van der Waals surface area contributed by atoms with Crippen LogP contribution in [0.1, 0.15) is 58.3 Å². The van der Waals surface area contributed by atoms with Gasteiger partial charge in [-0.05, 0) is 50.9 Å². The summed E-state index contributed by atoms with van der Waals surface area (Å²) in [4.78, 5) is 0. The van der Waals surface area contributed by atoms with Crippen LogP contribution in [0.4, 0.5) is 0 Å². The first kappa shape index (κ1) is 11.4. The molecule has 2 nitrogen and oxygen atoms in total. The lowest BCUT2D eigenvalue weighted by atomic mass is 9.71. The first-order valence-electron chi connectivity index (χ1n) is 6.61. The molecule has 0 unspecified atom stereocenters. The van der Waals surface area contributed by atoms with Gasteiger partial charge < -0.3 is 10.4 Å². The SMILES string of the molecule is C[C@H](CO)NC1CCC2(CCCC2)CC1. The normalized spacial score (nSPS) is 28.4. The van der Waals surface area contributed by atoms with Crippen LogP contribution in [0, 0.1) is 5.41 Å². The minimum absolute atomic E-state index is 0.266. The fraction of sp³-hybridized carbons (Fsp3) is 1.00. The molecule has 2 aliphatic carbocycles. The molecule has 0 radical (unpaired) electrons. The van der Waals surface area contributed by atoms with Gasteiger partial charge in [0, 0.05) is 12.1 Å². The molecule has 2 heteroatoms. The molecule has 2 fully saturated rings. The smallest absolute Gasteiger partial charge is 0.0582 e. The first-order valence-corrected chi connectivity index (χ1v) is 6.61. The monoisotopic (exact) mass is 211 g/mol. The van der Waals surface area contributed by atoms with Gasteiger partial charge in [-0.2, -0.15) is 0 Å². The van der Waals surface area contributed by atoms with Gasteiger partial charge in [0.25, 0.3) is 0 Å². The van der Waals surface area contributed by atoms with Crippen LogP contribution in [-0.4, -0.2) is 23.8 Å².